The maximum absolute atomic E-state index is 13.7. The minimum atomic E-state index is -3.87. The number of hydrogen-bond donors (Lipinski definition) is 1. The van der Waals surface area contributed by atoms with Crippen LogP contribution in [0.2, 0.25) is 0 Å². The molecule has 7 heteroatoms. The van der Waals surface area contributed by atoms with Crippen LogP contribution in [0.3, 0.4) is 0 Å². The lowest BCUT2D eigenvalue weighted by molar-refractivity contribution is 0.380. The summed E-state index contributed by atoms with van der Waals surface area (Å²) in [5.41, 5.74) is 4.49. The lowest BCUT2D eigenvalue weighted by atomic mass is 9.89. The fraction of sp³-hybridized carbons (Fsp3) is 0.519. The van der Waals surface area contributed by atoms with Gasteiger partial charge in [0.15, 0.2) is 0 Å². The third-order valence-electron chi connectivity index (χ3n) is 5.81. The van der Waals surface area contributed by atoms with E-state index in [1.165, 1.54) is 0 Å². The fourth-order valence-corrected chi connectivity index (χ4v) is 5.58. The summed E-state index contributed by atoms with van der Waals surface area (Å²) in [7, 11) is 0.136. The van der Waals surface area contributed by atoms with Gasteiger partial charge in [-0.05, 0) is 54.1 Å². The normalized spacial score (nSPS) is 13.5. The van der Waals surface area contributed by atoms with Crippen LogP contribution in [0.1, 0.15) is 88.5 Å². The molecule has 5 nitrogen and oxygen atoms in total. The molecule has 0 aromatic heterocycles. The molecule has 0 aliphatic heterocycles. The summed E-state index contributed by atoms with van der Waals surface area (Å²) in [5, 5.41) is 4.51. The Morgan fingerprint density at radius 2 is 1.38 bits per heavy atom. The SMILES string of the molecule is CC(CN(C)C)C(=NNS(=O)(=O)c1c(C(C)C)cc(C(C)C)cc1C(C)C)c1ccccc1.Cl. The number of sulfonamides is 1. The van der Waals surface area contributed by atoms with Gasteiger partial charge < -0.3 is 4.90 Å². The van der Waals surface area contributed by atoms with E-state index >= 15 is 0 Å². The summed E-state index contributed by atoms with van der Waals surface area (Å²) in [6, 6.07) is 13.9. The van der Waals surface area contributed by atoms with Gasteiger partial charge in [0, 0.05) is 12.5 Å². The second-order valence-electron chi connectivity index (χ2n) is 10.1. The predicted molar refractivity (Wildman–Crippen MR) is 147 cm³/mol. The smallest absolute Gasteiger partial charge is 0.277 e. The minimum Gasteiger partial charge on any atom is -0.309 e. The Hall–Kier alpha value is -1.89. The van der Waals surface area contributed by atoms with Gasteiger partial charge >= 0.3 is 0 Å². The van der Waals surface area contributed by atoms with Crippen molar-refractivity contribution in [3.05, 3.63) is 64.7 Å². The molecule has 0 amide bonds. The monoisotopic (exact) mass is 507 g/mol. The van der Waals surface area contributed by atoms with Crippen LogP contribution >= 0.6 is 12.4 Å². The molecule has 190 valence electrons. The zero-order chi connectivity index (χ0) is 24.9. The van der Waals surface area contributed by atoms with Gasteiger partial charge in [-0.15, -0.1) is 12.4 Å². The summed E-state index contributed by atoms with van der Waals surface area (Å²) in [5.74, 6) is 0.498. The number of nitrogens with zero attached hydrogens (tertiary/aromatic N) is 2. The van der Waals surface area contributed by atoms with E-state index in [-0.39, 0.29) is 30.2 Å². The first-order valence-electron chi connectivity index (χ1n) is 11.8. The zero-order valence-electron chi connectivity index (χ0n) is 22.1. The van der Waals surface area contributed by atoms with Gasteiger partial charge in [-0.25, -0.2) is 0 Å². The molecule has 0 spiro atoms. The first-order valence-corrected chi connectivity index (χ1v) is 13.3. The zero-order valence-corrected chi connectivity index (χ0v) is 23.7. The van der Waals surface area contributed by atoms with Gasteiger partial charge in [0.05, 0.1) is 10.6 Å². The minimum absolute atomic E-state index is 0. The molecular weight excluding hydrogens is 466 g/mol. The molecule has 2 aromatic carbocycles. The van der Waals surface area contributed by atoms with E-state index in [0.29, 0.717) is 10.8 Å². The number of hydrazone groups is 1. The average molecular weight is 508 g/mol. The van der Waals surface area contributed by atoms with E-state index in [0.717, 1.165) is 34.5 Å². The van der Waals surface area contributed by atoms with Gasteiger partial charge in [-0.1, -0.05) is 90.9 Å². The largest absolute Gasteiger partial charge is 0.309 e. The van der Waals surface area contributed by atoms with Crippen molar-refractivity contribution in [3.8, 4) is 0 Å². The number of hydrogen-bond acceptors (Lipinski definition) is 4. The first-order chi connectivity index (χ1) is 15.3. The molecule has 1 N–H and O–H groups in total. The Morgan fingerprint density at radius 1 is 0.882 bits per heavy atom. The Morgan fingerprint density at radius 3 is 1.79 bits per heavy atom. The maximum Gasteiger partial charge on any atom is 0.277 e. The van der Waals surface area contributed by atoms with Crippen LogP contribution < -0.4 is 4.83 Å². The van der Waals surface area contributed by atoms with Gasteiger partial charge in [-0.2, -0.15) is 18.4 Å². The lowest BCUT2D eigenvalue weighted by Crippen LogP contribution is -2.30. The highest BCUT2D eigenvalue weighted by atomic mass is 35.5. The molecule has 0 saturated heterocycles. The van der Waals surface area contributed by atoms with E-state index < -0.39 is 10.0 Å². The maximum atomic E-state index is 13.7. The summed E-state index contributed by atoms with van der Waals surface area (Å²) < 4.78 is 27.4. The molecule has 0 aliphatic rings. The van der Waals surface area contributed by atoms with Gasteiger partial charge in [0.25, 0.3) is 10.0 Å². The summed E-state index contributed by atoms with van der Waals surface area (Å²) >= 11 is 0. The van der Waals surface area contributed by atoms with E-state index in [9.17, 15) is 8.42 Å². The van der Waals surface area contributed by atoms with Crippen molar-refractivity contribution in [1.29, 1.82) is 0 Å². The number of nitrogens with one attached hydrogen (secondary N) is 1. The molecule has 34 heavy (non-hydrogen) atoms. The molecule has 0 saturated carbocycles. The second-order valence-corrected chi connectivity index (χ2v) is 11.7. The van der Waals surface area contributed by atoms with E-state index in [1.54, 1.807) is 0 Å². The van der Waals surface area contributed by atoms with Gasteiger partial charge in [0.1, 0.15) is 0 Å². The van der Waals surface area contributed by atoms with Crippen molar-refractivity contribution in [2.75, 3.05) is 20.6 Å². The number of halogens is 1. The van der Waals surface area contributed by atoms with Crippen LogP contribution in [0, 0.1) is 5.92 Å². The van der Waals surface area contributed by atoms with Crippen LogP contribution in [-0.4, -0.2) is 39.7 Å². The van der Waals surface area contributed by atoms with Crippen molar-refractivity contribution in [2.24, 2.45) is 11.0 Å². The molecule has 0 heterocycles. The van der Waals surface area contributed by atoms with Crippen LogP contribution in [0.25, 0.3) is 0 Å². The summed E-state index contributed by atoms with van der Waals surface area (Å²) in [6.45, 7) is 15.3. The molecule has 1 unspecified atom stereocenters. The van der Waals surface area contributed by atoms with Crippen molar-refractivity contribution in [3.63, 3.8) is 0 Å². The number of benzene rings is 2. The van der Waals surface area contributed by atoms with Crippen LogP contribution in [0.15, 0.2) is 52.5 Å². The first kappa shape index (κ1) is 30.1. The van der Waals surface area contributed by atoms with Crippen molar-refractivity contribution >= 4 is 28.1 Å². The Labute approximate surface area is 213 Å². The van der Waals surface area contributed by atoms with Crippen LogP contribution in [-0.2, 0) is 10.0 Å². The lowest BCUT2D eigenvalue weighted by Gasteiger charge is -2.23. The summed E-state index contributed by atoms with van der Waals surface area (Å²) in [4.78, 5) is 5.06. The second kappa shape index (κ2) is 12.7. The highest BCUT2D eigenvalue weighted by molar-refractivity contribution is 7.89. The van der Waals surface area contributed by atoms with E-state index in [2.05, 4.69) is 35.6 Å². The topological polar surface area (TPSA) is 61.8 Å². The van der Waals surface area contributed by atoms with Crippen molar-refractivity contribution in [2.45, 2.75) is 71.1 Å². The molecule has 2 rings (SSSR count). The highest BCUT2D eigenvalue weighted by Crippen LogP contribution is 2.35. The highest BCUT2D eigenvalue weighted by Gasteiger charge is 2.27. The average Bonchev–Trinajstić information content (AvgIpc) is 2.72. The predicted octanol–water partition coefficient (Wildman–Crippen LogP) is 6.36. The molecule has 1 atom stereocenters. The Balaban J connectivity index is 0.00000578. The summed E-state index contributed by atoms with van der Waals surface area (Å²) in [6.07, 6.45) is 0. The molecule has 0 fully saturated rings. The Bertz CT molecular complexity index is 1030. The molecule has 2 aromatic rings. The molecule has 0 aliphatic carbocycles. The van der Waals surface area contributed by atoms with Gasteiger partial charge in [0.2, 0.25) is 0 Å². The third-order valence-corrected chi connectivity index (χ3v) is 7.15. The molecule has 0 bridgehead atoms. The molecule has 0 radical (unpaired) electrons. The van der Waals surface area contributed by atoms with Crippen molar-refractivity contribution < 1.29 is 8.42 Å². The number of rotatable bonds is 10. The van der Waals surface area contributed by atoms with E-state index in [4.69, 9.17) is 0 Å². The third kappa shape index (κ3) is 7.56. The quantitative estimate of drug-likeness (QED) is 0.300. The van der Waals surface area contributed by atoms with Gasteiger partial charge in [-0.3, -0.25) is 0 Å². The fourth-order valence-electron chi connectivity index (χ4n) is 4.06. The Kier molecular flexibility index (Phi) is 11.3. The van der Waals surface area contributed by atoms with Crippen molar-refractivity contribution in [1.82, 2.24) is 9.73 Å². The van der Waals surface area contributed by atoms with E-state index in [1.807, 2.05) is 84.3 Å². The van der Waals surface area contributed by atoms with Crippen LogP contribution in [0.5, 0.6) is 0 Å². The molecular formula is C27H42ClN3O2S. The standard InChI is InChI=1S/C27H41N3O2S.ClH/c1-18(2)23-15-24(19(3)4)27(25(16-23)20(5)6)33(31,32)29-28-26(21(7)17-30(8)9)22-13-11-10-12-14-22;/h10-16,18-21,29H,17H2,1-9H3;1H. The van der Waals surface area contributed by atoms with Crippen LogP contribution in [0.4, 0.5) is 0 Å².